The maximum atomic E-state index is 13.3. The average molecular weight is 524 g/mol. The van der Waals surface area contributed by atoms with Crippen molar-refractivity contribution in [3.63, 3.8) is 0 Å². The highest BCUT2D eigenvalue weighted by Crippen LogP contribution is 2.34. The molecule has 0 bridgehead atoms. The van der Waals surface area contributed by atoms with E-state index in [9.17, 15) is 14.4 Å². The number of piperazine rings is 1. The van der Waals surface area contributed by atoms with Crippen molar-refractivity contribution >= 4 is 29.7 Å². The standard InChI is InChI=1S/C29H34ClN3O4/c1-6-7-10-33-18-24(22-15-19(2)16-23(22)27(33)35)20-8-9-21(25(30)17-20)26(34)31-11-13-32(14-12-31)28(36)37-29(3,4)5/h6-9,15,17-18H,10-14,16H2,1-5H3/b7-6+. The molecule has 8 heteroatoms. The monoisotopic (exact) mass is 523 g/mol. The lowest BCUT2D eigenvalue weighted by Crippen LogP contribution is -2.51. The zero-order valence-corrected chi connectivity index (χ0v) is 22.9. The summed E-state index contributed by atoms with van der Waals surface area (Å²) in [6.45, 7) is 11.6. The van der Waals surface area contributed by atoms with Crippen LogP contribution in [0.1, 0.15) is 56.1 Å². The molecule has 0 saturated carbocycles. The molecule has 1 saturated heterocycles. The van der Waals surface area contributed by atoms with E-state index < -0.39 is 5.60 Å². The van der Waals surface area contributed by atoms with E-state index in [4.69, 9.17) is 16.3 Å². The van der Waals surface area contributed by atoms with Gasteiger partial charge in [-0.3, -0.25) is 9.59 Å². The molecule has 2 heterocycles. The Morgan fingerprint density at radius 3 is 2.41 bits per heavy atom. The van der Waals surface area contributed by atoms with Crippen LogP contribution in [-0.4, -0.2) is 58.1 Å². The molecule has 0 unspecified atom stereocenters. The second-order valence-electron chi connectivity index (χ2n) is 10.6. The highest BCUT2D eigenvalue weighted by Gasteiger charge is 2.29. The van der Waals surface area contributed by atoms with E-state index in [1.807, 2.05) is 59.0 Å². The topological polar surface area (TPSA) is 71.8 Å². The van der Waals surface area contributed by atoms with E-state index in [2.05, 4.69) is 6.08 Å². The Hall–Kier alpha value is -3.32. The van der Waals surface area contributed by atoms with E-state index in [0.717, 1.165) is 27.8 Å². The molecule has 1 aromatic heterocycles. The Morgan fingerprint density at radius 1 is 1.11 bits per heavy atom. The fourth-order valence-electron chi connectivity index (χ4n) is 4.68. The minimum absolute atomic E-state index is 0.0216. The Labute approximate surface area is 223 Å². The first-order valence-electron chi connectivity index (χ1n) is 12.6. The third-order valence-electron chi connectivity index (χ3n) is 6.53. The number of carbonyl (C=O) groups is 2. The first kappa shape index (κ1) is 26.7. The van der Waals surface area contributed by atoms with E-state index >= 15 is 0 Å². The number of fused-ring (bicyclic) bond motifs is 1. The number of halogens is 1. The number of carbonyl (C=O) groups excluding carboxylic acids is 2. The largest absolute Gasteiger partial charge is 0.444 e. The quantitative estimate of drug-likeness (QED) is 0.503. The summed E-state index contributed by atoms with van der Waals surface area (Å²) < 4.78 is 7.16. The van der Waals surface area contributed by atoms with Gasteiger partial charge in [-0.15, -0.1) is 0 Å². The molecule has 7 nitrogen and oxygen atoms in total. The number of pyridine rings is 1. The normalized spacial score (nSPS) is 15.7. The average Bonchev–Trinajstić information content (AvgIpc) is 3.24. The van der Waals surface area contributed by atoms with Gasteiger partial charge >= 0.3 is 6.09 Å². The van der Waals surface area contributed by atoms with Crippen molar-refractivity contribution in [1.29, 1.82) is 0 Å². The number of nitrogens with zero attached hydrogens (tertiary/aromatic N) is 3. The first-order chi connectivity index (χ1) is 17.5. The van der Waals surface area contributed by atoms with Crippen molar-refractivity contribution in [1.82, 2.24) is 14.4 Å². The lowest BCUT2D eigenvalue weighted by Gasteiger charge is -2.35. The Balaban J connectivity index is 1.55. The molecule has 1 aliphatic heterocycles. The molecule has 0 radical (unpaired) electrons. The smallest absolute Gasteiger partial charge is 0.410 e. The molecule has 37 heavy (non-hydrogen) atoms. The number of aromatic nitrogens is 1. The van der Waals surface area contributed by atoms with Crippen LogP contribution < -0.4 is 5.56 Å². The minimum Gasteiger partial charge on any atom is -0.444 e. The third-order valence-corrected chi connectivity index (χ3v) is 6.85. The summed E-state index contributed by atoms with van der Waals surface area (Å²) in [5.41, 5.74) is 4.51. The number of benzene rings is 1. The lowest BCUT2D eigenvalue weighted by molar-refractivity contribution is 0.0141. The summed E-state index contributed by atoms with van der Waals surface area (Å²) in [4.78, 5) is 41.9. The molecule has 1 aliphatic carbocycles. The Kier molecular flexibility index (Phi) is 7.64. The molecule has 1 fully saturated rings. The van der Waals surface area contributed by atoms with Gasteiger partial charge in [0.25, 0.3) is 11.5 Å². The zero-order valence-electron chi connectivity index (χ0n) is 22.1. The van der Waals surface area contributed by atoms with Crippen LogP contribution in [0, 0.1) is 0 Å². The summed E-state index contributed by atoms with van der Waals surface area (Å²) in [6, 6.07) is 5.44. The minimum atomic E-state index is -0.562. The van der Waals surface area contributed by atoms with Gasteiger partial charge < -0.3 is 19.1 Å². The van der Waals surface area contributed by atoms with Crippen LogP contribution in [0.2, 0.25) is 5.02 Å². The van der Waals surface area contributed by atoms with Crippen LogP contribution >= 0.6 is 11.6 Å². The SMILES string of the molecule is C/C=C/Cn1cc(-c2ccc(C(=O)N3CCN(C(=O)OC(C)(C)C)CC3)c(Cl)c2)c2c(c1=O)CC(C)=C2. The summed E-state index contributed by atoms with van der Waals surface area (Å²) in [6.07, 6.45) is 8.08. The second-order valence-corrected chi connectivity index (χ2v) is 11.0. The van der Waals surface area contributed by atoms with Crippen molar-refractivity contribution in [2.75, 3.05) is 26.2 Å². The van der Waals surface area contributed by atoms with Gasteiger partial charge in [-0.2, -0.15) is 0 Å². The van der Waals surface area contributed by atoms with Gasteiger partial charge in [-0.05, 0) is 64.3 Å². The highest BCUT2D eigenvalue weighted by atomic mass is 35.5. The van der Waals surface area contributed by atoms with E-state index in [-0.39, 0.29) is 17.6 Å². The van der Waals surface area contributed by atoms with Crippen molar-refractivity contribution in [3.05, 3.63) is 74.2 Å². The molecular weight excluding hydrogens is 490 g/mol. The van der Waals surface area contributed by atoms with E-state index in [1.54, 1.807) is 26.5 Å². The summed E-state index contributed by atoms with van der Waals surface area (Å²) in [5.74, 6) is -0.167. The third kappa shape index (κ3) is 5.82. The van der Waals surface area contributed by atoms with Crippen molar-refractivity contribution in [2.24, 2.45) is 0 Å². The van der Waals surface area contributed by atoms with Crippen molar-refractivity contribution < 1.29 is 14.3 Å². The van der Waals surface area contributed by atoms with E-state index in [0.29, 0.717) is 49.7 Å². The highest BCUT2D eigenvalue weighted by molar-refractivity contribution is 6.34. The van der Waals surface area contributed by atoms with Crippen LogP contribution in [0.4, 0.5) is 4.79 Å². The summed E-state index contributed by atoms with van der Waals surface area (Å²) in [7, 11) is 0. The van der Waals surface area contributed by atoms with Gasteiger partial charge in [0.05, 0.1) is 10.6 Å². The zero-order chi connectivity index (χ0) is 26.9. The van der Waals surface area contributed by atoms with Crippen LogP contribution in [0.15, 0.2) is 46.9 Å². The number of hydrogen-bond donors (Lipinski definition) is 0. The van der Waals surface area contributed by atoms with Gasteiger partial charge in [0.15, 0.2) is 0 Å². The van der Waals surface area contributed by atoms with Gasteiger partial charge in [0.1, 0.15) is 5.60 Å². The van der Waals surface area contributed by atoms with Crippen LogP contribution in [0.5, 0.6) is 0 Å². The number of rotatable bonds is 4. The second kappa shape index (κ2) is 10.6. The summed E-state index contributed by atoms with van der Waals surface area (Å²) in [5, 5.41) is 0.357. The van der Waals surface area contributed by atoms with Gasteiger partial charge in [-0.1, -0.05) is 41.5 Å². The fraction of sp³-hybridized carbons (Fsp3) is 0.414. The molecule has 196 valence electrons. The molecule has 2 aliphatic rings. The van der Waals surface area contributed by atoms with Gasteiger partial charge in [-0.25, -0.2) is 4.79 Å². The fourth-order valence-corrected chi connectivity index (χ4v) is 4.94. The van der Waals surface area contributed by atoms with Crippen LogP contribution in [0.25, 0.3) is 17.2 Å². The molecular formula is C29H34ClN3O4. The number of hydrogen-bond acceptors (Lipinski definition) is 4. The van der Waals surface area contributed by atoms with Gasteiger partial charge in [0.2, 0.25) is 0 Å². The van der Waals surface area contributed by atoms with E-state index in [1.165, 1.54) is 0 Å². The predicted molar refractivity (Wildman–Crippen MR) is 147 cm³/mol. The van der Waals surface area contributed by atoms with Crippen LogP contribution in [0.3, 0.4) is 0 Å². The summed E-state index contributed by atoms with van der Waals surface area (Å²) >= 11 is 6.65. The van der Waals surface area contributed by atoms with Crippen molar-refractivity contribution in [3.8, 4) is 11.1 Å². The molecule has 0 spiro atoms. The Bertz CT molecular complexity index is 1340. The van der Waals surface area contributed by atoms with Gasteiger partial charge in [0, 0.05) is 50.0 Å². The molecule has 0 N–H and O–H groups in total. The lowest BCUT2D eigenvalue weighted by atomic mass is 9.98. The van der Waals surface area contributed by atoms with Crippen LogP contribution in [-0.2, 0) is 17.7 Å². The molecule has 0 atom stereocenters. The molecule has 1 aromatic carbocycles. The van der Waals surface area contributed by atoms with Crippen molar-refractivity contribution in [2.45, 2.75) is 53.2 Å². The molecule has 4 rings (SSSR count). The predicted octanol–water partition coefficient (Wildman–Crippen LogP) is 5.40. The number of ether oxygens (including phenoxy) is 1. The number of allylic oxidation sites excluding steroid dienone is 3. The maximum Gasteiger partial charge on any atom is 0.410 e. The Morgan fingerprint density at radius 2 is 1.78 bits per heavy atom. The number of amides is 2. The first-order valence-corrected chi connectivity index (χ1v) is 13.0. The molecule has 2 amide bonds. The maximum absolute atomic E-state index is 13.3. The molecule has 2 aromatic rings.